The zero-order valence-electron chi connectivity index (χ0n) is 10.7. The highest BCUT2D eigenvalue weighted by atomic mass is 35.5. The van der Waals surface area contributed by atoms with E-state index in [4.69, 9.17) is 22.0 Å². The minimum Gasteiger partial charge on any atom is -0.481 e. The van der Waals surface area contributed by atoms with Crippen LogP contribution in [0.15, 0.2) is 24.3 Å². The van der Waals surface area contributed by atoms with E-state index in [0.29, 0.717) is 10.6 Å². The van der Waals surface area contributed by atoms with E-state index >= 15 is 0 Å². The van der Waals surface area contributed by atoms with E-state index in [2.05, 4.69) is 0 Å². The second-order valence-corrected chi connectivity index (χ2v) is 5.78. The number of carboxylic acid groups (broad SMARTS) is 1. The molecule has 1 saturated carbocycles. The van der Waals surface area contributed by atoms with Gasteiger partial charge in [-0.2, -0.15) is 5.26 Å². The molecule has 1 fully saturated rings. The van der Waals surface area contributed by atoms with E-state index in [1.165, 1.54) is 0 Å². The number of aliphatic carboxylic acids is 1. The van der Waals surface area contributed by atoms with Crippen molar-refractivity contribution in [3.63, 3.8) is 0 Å². The lowest BCUT2D eigenvalue weighted by molar-refractivity contribution is -0.139. The molecule has 4 heteroatoms. The third kappa shape index (κ3) is 2.50. The Kier molecular flexibility index (Phi) is 3.38. The van der Waals surface area contributed by atoms with Gasteiger partial charge in [0.05, 0.1) is 16.5 Å². The van der Waals surface area contributed by atoms with Gasteiger partial charge in [0.15, 0.2) is 0 Å². The van der Waals surface area contributed by atoms with Crippen LogP contribution >= 0.6 is 11.6 Å². The summed E-state index contributed by atoms with van der Waals surface area (Å²) >= 11 is 5.95. The number of rotatable bonds is 3. The average molecular weight is 276 g/mol. The van der Waals surface area contributed by atoms with Crippen LogP contribution in [0.1, 0.15) is 25.0 Å². The van der Waals surface area contributed by atoms with Gasteiger partial charge in [-0.3, -0.25) is 4.79 Å². The highest BCUT2D eigenvalue weighted by molar-refractivity contribution is 6.31. The fraction of sp³-hybridized carbons (Fsp3) is 0.333. The number of nitriles is 1. The summed E-state index contributed by atoms with van der Waals surface area (Å²) in [5.41, 5.74) is 1.11. The van der Waals surface area contributed by atoms with E-state index in [9.17, 15) is 4.79 Å². The molecular weight excluding hydrogens is 262 g/mol. The van der Waals surface area contributed by atoms with Crippen molar-refractivity contribution >= 4 is 23.6 Å². The van der Waals surface area contributed by atoms with Crippen molar-refractivity contribution in [2.45, 2.75) is 13.8 Å². The Morgan fingerprint density at radius 1 is 1.53 bits per heavy atom. The van der Waals surface area contributed by atoms with Gasteiger partial charge in [-0.1, -0.05) is 43.7 Å². The smallest absolute Gasteiger partial charge is 0.307 e. The number of carboxylic acids is 1. The normalized spacial score (nSPS) is 24.1. The average Bonchev–Trinajstić information content (AvgIpc) is 2.89. The molecule has 0 saturated heterocycles. The van der Waals surface area contributed by atoms with Crippen molar-refractivity contribution in [2.24, 2.45) is 17.3 Å². The molecule has 0 aliphatic heterocycles. The van der Waals surface area contributed by atoms with Crippen LogP contribution in [-0.2, 0) is 4.79 Å². The molecule has 0 aromatic heterocycles. The van der Waals surface area contributed by atoms with Gasteiger partial charge in [-0.15, -0.1) is 0 Å². The molecule has 98 valence electrons. The molecule has 2 unspecified atom stereocenters. The van der Waals surface area contributed by atoms with Gasteiger partial charge < -0.3 is 5.11 Å². The number of carbonyl (C=O) groups is 1. The number of hydrogen-bond acceptors (Lipinski definition) is 2. The van der Waals surface area contributed by atoms with Crippen LogP contribution in [0.2, 0.25) is 5.02 Å². The number of nitrogens with zero attached hydrogens (tertiary/aromatic N) is 1. The molecule has 1 N–H and O–H groups in total. The standard InChI is InChI=1S/C15H14ClNO2/c1-15(2)11(13(15)14(18)19)6-4-9-3-5-10(8-17)12(16)7-9/h3-7,11,13H,1-2H3,(H,18,19)/b6-4+. The van der Waals surface area contributed by atoms with Crippen LogP contribution < -0.4 is 0 Å². The molecular formula is C15H14ClNO2. The summed E-state index contributed by atoms with van der Waals surface area (Å²) in [5.74, 6) is -1.03. The van der Waals surface area contributed by atoms with Crippen molar-refractivity contribution in [2.75, 3.05) is 0 Å². The Balaban J connectivity index is 2.15. The van der Waals surface area contributed by atoms with E-state index in [1.54, 1.807) is 18.2 Å². The Bertz CT molecular complexity index is 599. The fourth-order valence-corrected chi connectivity index (χ4v) is 2.68. The minimum absolute atomic E-state index is 0.0411. The van der Waals surface area contributed by atoms with E-state index in [0.717, 1.165) is 5.56 Å². The van der Waals surface area contributed by atoms with Gasteiger partial charge >= 0.3 is 5.97 Å². The van der Waals surface area contributed by atoms with E-state index in [-0.39, 0.29) is 17.3 Å². The monoisotopic (exact) mass is 275 g/mol. The summed E-state index contributed by atoms with van der Waals surface area (Å²) in [6, 6.07) is 7.17. The molecule has 1 aromatic rings. The van der Waals surface area contributed by atoms with Gasteiger partial charge in [0.2, 0.25) is 0 Å². The largest absolute Gasteiger partial charge is 0.481 e. The molecule has 2 rings (SSSR count). The van der Waals surface area contributed by atoms with Gasteiger partial charge in [0, 0.05) is 0 Å². The summed E-state index contributed by atoms with van der Waals surface area (Å²) in [7, 11) is 0. The zero-order chi connectivity index (χ0) is 14.2. The highest BCUT2D eigenvalue weighted by Crippen LogP contribution is 2.59. The molecule has 1 aliphatic carbocycles. The SMILES string of the molecule is CC1(C)C(/C=C/c2ccc(C#N)c(Cl)c2)C1C(=O)O. The lowest BCUT2D eigenvalue weighted by atomic mass is 10.1. The van der Waals surface area contributed by atoms with Crippen LogP contribution in [0.5, 0.6) is 0 Å². The van der Waals surface area contributed by atoms with Gasteiger partial charge in [-0.25, -0.2) is 0 Å². The van der Waals surface area contributed by atoms with Crippen molar-refractivity contribution < 1.29 is 9.90 Å². The van der Waals surface area contributed by atoms with E-state index < -0.39 is 5.97 Å². The van der Waals surface area contributed by atoms with Crippen molar-refractivity contribution in [1.82, 2.24) is 0 Å². The predicted molar refractivity (Wildman–Crippen MR) is 73.6 cm³/mol. The number of allylic oxidation sites excluding steroid dienone is 1. The van der Waals surface area contributed by atoms with Crippen LogP contribution in [0.3, 0.4) is 0 Å². The molecule has 0 bridgehead atoms. The van der Waals surface area contributed by atoms with Crippen molar-refractivity contribution in [1.29, 1.82) is 5.26 Å². The second kappa shape index (κ2) is 4.71. The quantitative estimate of drug-likeness (QED) is 0.917. The maximum atomic E-state index is 11.0. The van der Waals surface area contributed by atoms with Gasteiger partial charge in [0.25, 0.3) is 0 Å². The third-order valence-electron chi connectivity index (χ3n) is 3.79. The first-order chi connectivity index (χ1) is 8.87. The number of benzene rings is 1. The summed E-state index contributed by atoms with van der Waals surface area (Å²) < 4.78 is 0. The second-order valence-electron chi connectivity index (χ2n) is 5.37. The fourth-order valence-electron chi connectivity index (χ4n) is 2.45. The number of hydrogen-bond donors (Lipinski definition) is 1. The molecule has 0 amide bonds. The summed E-state index contributed by atoms with van der Waals surface area (Å²) in [6.45, 7) is 3.90. The molecule has 1 aromatic carbocycles. The molecule has 0 radical (unpaired) electrons. The van der Waals surface area contributed by atoms with Crippen molar-refractivity contribution in [3.8, 4) is 6.07 Å². The molecule has 0 spiro atoms. The van der Waals surface area contributed by atoms with Gasteiger partial charge in [-0.05, 0) is 29.0 Å². The number of halogens is 1. The third-order valence-corrected chi connectivity index (χ3v) is 4.10. The molecule has 2 atom stereocenters. The topological polar surface area (TPSA) is 61.1 Å². The maximum Gasteiger partial charge on any atom is 0.307 e. The Morgan fingerprint density at radius 3 is 2.68 bits per heavy atom. The zero-order valence-corrected chi connectivity index (χ0v) is 11.5. The van der Waals surface area contributed by atoms with Crippen LogP contribution in [0.4, 0.5) is 0 Å². The lowest BCUT2D eigenvalue weighted by Crippen LogP contribution is -2.02. The molecule has 1 aliphatic rings. The molecule has 3 nitrogen and oxygen atoms in total. The van der Waals surface area contributed by atoms with Crippen molar-refractivity contribution in [3.05, 3.63) is 40.4 Å². The minimum atomic E-state index is -0.752. The van der Waals surface area contributed by atoms with Crippen LogP contribution in [-0.4, -0.2) is 11.1 Å². The first-order valence-electron chi connectivity index (χ1n) is 5.98. The van der Waals surface area contributed by atoms with E-state index in [1.807, 2.05) is 32.1 Å². The van der Waals surface area contributed by atoms with Crippen LogP contribution in [0.25, 0.3) is 6.08 Å². The summed E-state index contributed by atoms with van der Waals surface area (Å²) in [6.07, 6.45) is 3.78. The summed E-state index contributed by atoms with van der Waals surface area (Å²) in [4.78, 5) is 11.0. The Morgan fingerprint density at radius 2 is 2.21 bits per heavy atom. The highest BCUT2D eigenvalue weighted by Gasteiger charge is 2.60. The van der Waals surface area contributed by atoms with Gasteiger partial charge in [0.1, 0.15) is 6.07 Å². The first kappa shape index (κ1) is 13.6. The van der Waals surface area contributed by atoms with Crippen LogP contribution in [0, 0.1) is 28.6 Å². The first-order valence-corrected chi connectivity index (χ1v) is 6.36. The summed E-state index contributed by atoms with van der Waals surface area (Å²) in [5, 5.41) is 18.3. The lowest BCUT2D eigenvalue weighted by Gasteiger charge is -1.98. The Hall–Kier alpha value is -1.79. The molecule has 0 heterocycles. The molecule has 19 heavy (non-hydrogen) atoms. The predicted octanol–water partition coefficient (Wildman–Crippen LogP) is 3.58. The maximum absolute atomic E-state index is 11.0. The Labute approximate surface area is 117 Å².